The molecular formula is C15H30N2O5. The fraction of sp³-hybridized carbons (Fsp3) is 0.933. The Morgan fingerprint density at radius 3 is 2.36 bits per heavy atom. The first-order chi connectivity index (χ1) is 10.6. The van der Waals surface area contributed by atoms with Crippen LogP contribution in [0.3, 0.4) is 0 Å². The van der Waals surface area contributed by atoms with Crippen molar-refractivity contribution in [1.82, 2.24) is 5.32 Å². The van der Waals surface area contributed by atoms with Gasteiger partial charge in [-0.3, -0.25) is 0 Å². The van der Waals surface area contributed by atoms with Crippen LogP contribution in [0.15, 0.2) is 0 Å². The van der Waals surface area contributed by atoms with Gasteiger partial charge in [0, 0.05) is 26.4 Å². The van der Waals surface area contributed by atoms with Crippen LogP contribution in [0.25, 0.3) is 0 Å². The number of amides is 2. The van der Waals surface area contributed by atoms with Crippen molar-refractivity contribution in [2.24, 2.45) is 5.73 Å². The number of nitrogens with two attached hydrogens (primary N) is 1. The Morgan fingerprint density at radius 2 is 1.82 bits per heavy atom. The topological polar surface area (TPSA) is 92.0 Å². The van der Waals surface area contributed by atoms with E-state index in [2.05, 4.69) is 5.32 Å². The molecule has 1 heterocycles. The van der Waals surface area contributed by atoms with Gasteiger partial charge in [-0.1, -0.05) is 0 Å². The van der Waals surface area contributed by atoms with Crippen LogP contribution >= 0.6 is 0 Å². The first-order valence-electron chi connectivity index (χ1n) is 8.15. The molecule has 7 nitrogen and oxygen atoms in total. The number of urea groups is 1. The van der Waals surface area contributed by atoms with Crippen LogP contribution in [0, 0.1) is 0 Å². The maximum atomic E-state index is 10.8. The monoisotopic (exact) mass is 318 g/mol. The molecule has 22 heavy (non-hydrogen) atoms. The minimum Gasteiger partial charge on any atom is -0.367 e. The number of nitrogens with one attached hydrogen (secondary N) is 1. The summed E-state index contributed by atoms with van der Waals surface area (Å²) in [6, 6.07) is -0.522. The van der Waals surface area contributed by atoms with E-state index >= 15 is 0 Å². The lowest BCUT2D eigenvalue weighted by Gasteiger charge is -2.50. The second-order valence-electron chi connectivity index (χ2n) is 5.20. The fourth-order valence-corrected chi connectivity index (χ4v) is 2.99. The summed E-state index contributed by atoms with van der Waals surface area (Å²) in [7, 11) is 0. The van der Waals surface area contributed by atoms with E-state index in [1.165, 1.54) is 0 Å². The summed E-state index contributed by atoms with van der Waals surface area (Å²) in [5.74, 6) is -1.18. The van der Waals surface area contributed by atoms with Crippen LogP contribution in [0.5, 0.6) is 0 Å². The van der Waals surface area contributed by atoms with E-state index in [1.807, 2.05) is 20.8 Å². The molecule has 0 aliphatic carbocycles. The van der Waals surface area contributed by atoms with E-state index in [-0.39, 0.29) is 0 Å². The molecule has 1 rings (SSSR count). The number of rotatable bonds is 10. The normalized spacial score (nSPS) is 24.1. The second kappa shape index (κ2) is 9.29. The minimum absolute atomic E-state index is 0.467. The third kappa shape index (κ3) is 4.55. The van der Waals surface area contributed by atoms with Crippen molar-refractivity contribution in [2.45, 2.75) is 58.0 Å². The molecule has 1 saturated heterocycles. The van der Waals surface area contributed by atoms with Gasteiger partial charge in [-0.05, 0) is 46.5 Å². The number of hydrogen-bond donors (Lipinski definition) is 2. The Morgan fingerprint density at radius 1 is 1.18 bits per heavy atom. The third-order valence-corrected chi connectivity index (χ3v) is 3.72. The summed E-state index contributed by atoms with van der Waals surface area (Å²) in [5, 5.41) is 2.60. The maximum absolute atomic E-state index is 10.8. The number of ether oxygens (including phenoxy) is 4. The summed E-state index contributed by atoms with van der Waals surface area (Å²) in [4.78, 5) is 10.8. The first kappa shape index (κ1) is 19.2. The molecule has 1 aliphatic rings. The van der Waals surface area contributed by atoms with E-state index in [9.17, 15) is 4.79 Å². The highest BCUT2D eigenvalue weighted by atomic mass is 16.9. The Labute approximate surface area is 132 Å². The van der Waals surface area contributed by atoms with Crippen molar-refractivity contribution >= 4 is 6.03 Å². The quantitative estimate of drug-likeness (QED) is 0.473. The molecule has 0 radical (unpaired) electrons. The van der Waals surface area contributed by atoms with E-state index in [0.717, 1.165) is 12.8 Å². The van der Waals surface area contributed by atoms with Crippen LogP contribution in [-0.4, -0.2) is 50.6 Å². The predicted octanol–water partition coefficient (Wildman–Crippen LogP) is 1.75. The summed E-state index contributed by atoms with van der Waals surface area (Å²) in [6.45, 7) is 8.29. The molecule has 0 saturated carbocycles. The van der Waals surface area contributed by atoms with E-state index in [1.54, 1.807) is 0 Å². The van der Waals surface area contributed by atoms with Crippen molar-refractivity contribution < 1.29 is 23.7 Å². The third-order valence-electron chi connectivity index (χ3n) is 3.72. The predicted molar refractivity (Wildman–Crippen MR) is 82.3 cm³/mol. The molecule has 0 bridgehead atoms. The molecule has 3 N–H and O–H groups in total. The maximum Gasteiger partial charge on any atom is 0.313 e. The van der Waals surface area contributed by atoms with Crippen molar-refractivity contribution in [2.75, 3.05) is 33.0 Å². The summed E-state index contributed by atoms with van der Waals surface area (Å²) in [5.41, 5.74) is 4.42. The largest absolute Gasteiger partial charge is 0.367 e. The van der Waals surface area contributed by atoms with Crippen molar-refractivity contribution in [3.05, 3.63) is 0 Å². The van der Waals surface area contributed by atoms with Gasteiger partial charge in [0.15, 0.2) is 0 Å². The summed E-state index contributed by atoms with van der Waals surface area (Å²) < 4.78 is 23.7. The van der Waals surface area contributed by atoms with Gasteiger partial charge in [-0.2, -0.15) is 0 Å². The fourth-order valence-electron chi connectivity index (χ4n) is 2.99. The van der Waals surface area contributed by atoms with Crippen molar-refractivity contribution in [1.29, 1.82) is 0 Å². The minimum atomic E-state index is -1.18. The van der Waals surface area contributed by atoms with Gasteiger partial charge in [-0.25, -0.2) is 4.79 Å². The lowest BCUT2D eigenvalue weighted by Crippen LogP contribution is -2.63. The molecule has 1 atom stereocenters. The smallest absolute Gasteiger partial charge is 0.313 e. The molecule has 0 aromatic rings. The van der Waals surface area contributed by atoms with Crippen LogP contribution < -0.4 is 11.1 Å². The van der Waals surface area contributed by atoms with Gasteiger partial charge in [0.2, 0.25) is 0 Å². The Kier molecular flexibility index (Phi) is 8.09. The van der Waals surface area contributed by atoms with Gasteiger partial charge in [0.25, 0.3) is 0 Å². The zero-order chi connectivity index (χ0) is 16.5. The van der Waals surface area contributed by atoms with Crippen LogP contribution in [0.2, 0.25) is 0 Å². The average molecular weight is 318 g/mol. The molecule has 2 amide bonds. The SMILES string of the molecule is CCOC1(CCCNC(N)=O)CCCOC1(OCC)OCC. The van der Waals surface area contributed by atoms with Crippen LogP contribution in [-0.2, 0) is 18.9 Å². The molecule has 1 aliphatic heterocycles. The molecular weight excluding hydrogens is 288 g/mol. The Hall–Kier alpha value is -0.890. The Bertz CT molecular complexity index is 324. The molecule has 7 heteroatoms. The highest BCUT2D eigenvalue weighted by Gasteiger charge is 2.57. The highest BCUT2D eigenvalue weighted by Crippen LogP contribution is 2.43. The number of primary amides is 1. The van der Waals surface area contributed by atoms with Gasteiger partial charge in [0.1, 0.15) is 5.60 Å². The van der Waals surface area contributed by atoms with Gasteiger partial charge in [-0.15, -0.1) is 0 Å². The summed E-state index contributed by atoms with van der Waals surface area (Å²) >= 11 is 0. The Balaban J connectivity index is 2.89. The summed E-state index contributed by atoms with van der Waals surface area (Å²) in [6.07, 6.45) is 3.03. The molecule has 1 fully saturated rings. The molecule has 130 valence electrons. The number of carbonyl (C=O) groups is 1. The highest BCUT2D eigenvalue weighted by molar-refractivity contribution is 5.71. The van der Waals surface area contributed by atoms with Crippen molar-refractivity contribution in [3.63, 3.8) is 0 Å². The van der Waals surface area contributed by atoms with Gasteiger partial charge < -0.3 is 30.0 Å². The van der Waals surface area contributed by atoms with Gasteiger partial charge in [0.05, 0.1) is 6.61 Å². The van der Waals surface area contributed by atoms with Crippen LogP contribution in [0.4, 0.5) is 4.79 Å². The zero-order valence-electron chi connectivity index (χ0n) is 14.0. The molecule has 0 aromatic heterocycles. The standard InChI is InChI=1S/C15H30N2O5/c1-4-19-14(9-7-11-17-13(16)18)10-8-12-22-15(14,20-5-2)21-6-3/h4-12H2,1-3H3,(H3,16,17,18). The van der Waals surface area contributed by atoms with E-state index < -0.39 is 17.6 Å². The number of carbonyl (C=O) groups excluding carboxylic acids is 1. The molecule has 0 spiro atoms. The first-order valence-corrected chi connectivity index (χ1v) is 8.15. The van der Waals surface area contributed by atoms with Crippen molar-refractivity contribution in [3.8, 4) is 0 Å². The van der Waals surface area contributed by atoms with E-state index in [0.29, 0.717) is 45.8 Å². The lowest BCUT2D eigenvalue weighted by molar-refractivity contribution is -0.459. The molecule has 1 unspecified atom stereocenters. The van der Waals surface area contributed by atoms with E-state index in [4.69, 9.17) is 24.7 Å². The second-order valence-corrected chi connectivity index (χ2v) is 5.20. The average Bonchev–Trinajstić information content (AvgIpc) is 2.47. The van der Waals surface area contributed by atoms with Gasteiger partial charge >= 0.3 is 12.0 Å². The lowest BCUT2D eigenvalue weighted by atomic mass is 9.86. The van der Waals surface area contributed by atoms with Crippen LogP contribution in [0.1, 0.15) is 46.5 Å². The number of hydrogen-bond acceptors (Lipinski definition) is 5. The molecule has 0 aromatic carbocycles. The zero-order valence-corrected chi connectivity index (χ0v) is 14.0.